The van der Waals surface area contributed by atoms with Crippen molar-refractivity contribution in [2.24, 2.45) is 0 Å². The quantitative estimate of drug-likeness (QED) is 0.834. The summed E-state index contributed by atoms with van der Waals surface area (Å²) in [6, 6.07) is 4.60. The molecule has 0 aliphatic heterocycles. The first-order valence-corrected chi connectivity index (χ1v) is 6.61. The van der Waals surface area contributed by atoms with Crippen molar-refractivity contribution in [1.82, 2.24) is 19.7 Å². The lowest BCUT2D eigenvalue weighted by molar-refractivity contribution is 0.0693. The van der Waals surface area contributed by atoms with Gasteiger partial charge in [0.15, 0.2) is 0 Å². The lowest BCUT2D eigenvalue weighted by Crippen LogP contribution is -2.20. The lowest BCUT2D eigenvalue weighted by Gasteiger charge is -2.17. The number of aryl methyl sites for hydroxylation is 1. The molecule has 112 valence electrons. The van der Waals surface area contributed by atoms with Crippen molar-refractivity contribution in [2.75, 3.05) is 7.05 Å². The van der Waals surface area contributed by atoms with Crippen molar-refractivity contribution in [3.8, 4) is 5.75 Å². The Morgan fingerprint density at radius 1 is 1.38 bits per heavy atom. The normalized spacial score (nSPS) is 11.0. The molecule has 0 saturated heterocycles. The third-order valence-electron chi connectivity index (χ3n) is 3.19. The molecule has 1 heterocycles. The maximum atomic E-state index is 11.0. The summed E-state index contributed by atoms with van der Waals surface area (Å²) in [5.74, 6) is -0.500. The molecule has 7 heteroatoms. The smallest absolute Gasteiger partial charge is 0.339 e. The van der Waals surface area contributed by atoms with Gasteiger partial charge in [0, 0.05) is 13.1 Å². The average Bonchev–Trinajstić information content (AvgIpc) is 2.87. The van der Waals surface area contributed by atoms with Gasteiger partial charge in [-0.3, -0.25) is 4.90 Å². The van der Waals surface area contributed by atoms with Crippen LogP contribution < -0.4 is 0 Å². The maximum Gasteiger partial charge on any atom is 0.339 e. The van der Waals surface area contributed by atoms with E-state index in [9.17, 15) is 9.90 Å². The topological polar surface area (TPSA) is 91.5 Å². The highest BCUT2D eigenvalue weighted by molar-refractivity contribution is 5.90. The predicted molar refractivity (Wildman–Crippen MR) is 75.9 cm³/mol. The highest BCUT2D eigenvalue weighted by atomic mass is 16.4. The van der Waals surface area contributed by atoms with E-state index < -0.39 is 5.97 Å². The number of carboxylic acid groups (broad SMARTS) is 1. The molecule has 0 amide bonds. The van der Waals surface area contributed by atoms with E-state index in [4.69, 9.17) is 5.11 Å². The Hall–Kier alpha value is -2.41. The van der Waals surface area contributed by atoms with Gasteiger partial charge in [0.2, 0.25) is 0 Å². The molecule has 2 aromatic rings. The van der Waals surface area contributed by atoms with Gasteiger partial charge in [0.25, 0.3) is 0 Å². The van der Waals surface area contributed by atoms with Crippen molar-refractivity contribution in [3.63, 3.8) is 0 Å². The van der Waals surface area contributed by atoms with Crippen LogP contribution in [0.5, 0.6) is 5.75 Å². The van der Waals surface area contributed by atoms with Crippen molar-refractivity contribution in [3.05, 3.63) is 41.5 Å². The standard InChI is InChI=1S/C14H18N4O3/c1-3-18-9-15-16-13(18)8-17(2)7-10-4-5-12(19)11(6-10)14(20)21/h4-6,9,19H,3,7-8H2,1-2H3,(H,20,21). The molecule has 7 nitrogen and oxygen atoms in total. The highest BCUT2D eigenvalue weighted by Gasteiger charge is 2.12. The lowest BCUT2D eigenvalue weighted by atomic mass is 10.1. The summed E-state index contributed by atoms with van der Waals surface area (Å²) in [6.07, 6.45) is 1.69. The molecule has 0 bridgehead atoms. The predicted octanol–water partition coefficient (Wildman–Crippen LogP) is 1.33. The van der Waals surface area contributed by atoms with Crippen molar-refractivity contribution in [2.45, 2.75) is 26.6 Å². The summed E-state index contributed by atoms with van der Waals surface area (Å²) in [4.78, 5) is 13.0. The number of hydrogen-bond donors (Lipinski definition) is 2. The van der Waals surface area contributed by atoms with E-state index in [1.54, 1.807) is 12.4 Å². The van der Waals surface area contributed by atoms with Gasteiger partial charge in [0.05, 0.1) is 6.54 Å². The van der Waals surface area contributed by atoms with Crippen LogP contribution in [0.1, 0.15) is 28.7 Å². The zero-order chi connectivity index (χ0) is 15.4. The number of carboxylic acids is 1. The number of phenols is 1. The molecule has 0 atom stereocenters. The minimum atomic E-state index is -1.14. The molecule has 1 aromatic heterocycles. The van der Waals surface area contributed by atoms with Crippen LogP contribution in [0.25, 0.3) is 0 Å². The number of rotatable bonds is 6. The molecule has 2 N–H and O–H groups in total. The Morgan fingerprint density at radius 3 is 2.81 bits per heavy atom. The molecule has 0 saturated carbocycles. The van der Waals surface area contributed by atoms with Gasteiger partial charge in [0.1, 0.15) is 23.5 Å². The fourth-order valence-corrected chi connectivity index (χ4v) is 2.13. The zero-order valence-electron chi connectivity index (χ0n) is 12.0. The monoisotopic (exact) mass is 290 g/mol. The molecular formula is C14H18N4O3. The van der Waals surface area contributed by atoms with Gasteiger partial charge in [-0.05, 0) is 31.7 Å². The molecule has 0 radical (unpaired) electrons. The molecule has 0 spiro atoms. The summed E-state index contributed by atoms with van der Waals surface area (Å²) in [7, 11) is 1.92. The van der Waals surface area contributed by atoms with E-state index in [2.05, 4.69) is 10.2 Å². The second-order valence-corrected chi connectivity index (χ2v) is 4.86. The molecule has 0 fully saturated rings. The Labute approximate surface area is 122 Å². The average molecular weight is 290 g/mol. The highest BCUT2D eigenvalue weighted by Crippen LogP contribution is 2.19. The molecule has 21 heavy (non-hydrogen) atoms. The number of nitrogens with zero attached hydrogens (tertiary/aromatic N) is 4. The Kier molecular flexibility index (Phi) is 4.54. The first-order valence-electron chi connectivity index (χ1n) is 6.61. The SMILES string of the molecule is CCn1cnnc1CN(C)Cc1ccc(O)c(C(=O)O)c1. The molecule has 2 rings (SSSR count). The molecule has 1 aromatic carbocycles. The number of aromatic carboxylic acids is 1. The van der Waals surface area contributed by atoms with Crippen LogP contribution in [0, 0.1) is 0 Å². The van der Waals surface area contributed by atoms with Gasteiger partial charge in [-0.25, -0.2) is 4.79 Å². The molecule has 0 unspecified atom stereocenters. The van der Waals surface area contributed by atoms with E-state index >= 15 is 0 Å². The minimum absolute atomic E-state index is 0.0855. The van der Waals surface area contributed by atoms with Crippen molar-refractivity contribution in [1.29, 1.82) is 0 Å². The Balaban J connectivity index is 2.07. The van der Waals surface area contributed by atoms with Gasteiger partial charge in [-0.15, -0.1) is 10.2 Å². The summed E-state index contributed by atoms with van der Waals surface area (Å²) in [5, 5.41) is 26.4. The number of aromatic nitrogens is 3. The van der Waals surface area contributed by atoms with E-state index in [-0.39, 0.29) is 11.3 Å². The second kappa shape index (κ2) is 6.36. The van der Waals surface area contributed by atoms with Crippen molar-refractivity contribution < 1.29 is 15.0 Å². The first kappa shape index (κ1) is 15.0. The number of carbonyl (C=O) groups is 1. The van der Waals surface area contributed by atoms with E-state index in [0.717, 1.165) is 17.9 Å². The van der Waals surface area contributed by atoms with E-state index in [1.807, 2.05) is 23.4 Å². The largest absolute Gasteiger partial charge is 0.507 e. The first-order chi connectivity index (χ1) is 10.0. The second-order valence-electron chi connectivity index (χ2n) is 4.86. The van der Waals surface area contributed by atoms with E-state index in [0.29, 0.717) is 13.1 Å². The number of aromatic hydroxyl groups is 1. The van der Waals surface area contributed by atoms with Gasteiger partial charge < -0.3 is 14.8 Å². The molecule has 0 aliphatic rings. The van der Waals surface area contributed by atoms with Gasteiger partial charge >= 0.3 is 5.97 Å². The minimum Gasteiger partial charge on any atom is -0.507 e. The van der Waals surface area contributed by atoms with Crippen LogP contribution in [-0.2, 0) is 19.6 Å². The Bertz CT molecular complexity index is 639. The fraction of sp³-hybridized carbons (Fsp3) is 0.357. The molecule has 0 aliphatic carbocycles. The van der Waals surface area contributed by atoms with Crippen LogP contribution in [-0.4, -0.2) is 42.9 Å². The Morgan fingerprint density at radius 2 is 2.14 bits per heavy atom. The third kappa shape index (κ3) is 3.57. The summed E-state index contributed by atoms with van der Waals surface area (Å²) < 4.78 is 1.95. The van der Waals surface area contributed by atoms with Crippen LogP contribution in [0.15, 0.2) is 24.5 Å². The van der Waals surface area contributed by atoms with Crippen LogP contribution >= 0.6 is 0 Å². The zero-order valence-corrected chi connectivity index (χ0v) is 12.0. The number of hydrogen-bond acceptors (Lipinski definition) is 5. The van der Waals surface area contributed by atoms with Crippen molar-refractivity contribution >= 4 is 5.97 Å². The maximum absolute atomic E-state index is 11.0. The molecular weight excluding hydrogens is 272 g/mol. The van der Waals surface area contributed by atoms with Crippen LogP contribution in [0.4, 0.5) is 0 Å². The van der Waals surface area contributed by atoms with Gasteiger partial charge in [-0.2, -0.15) is 0 Å². The van der Waals surface area contributed by atoms with Gasteiger partial charge in [-0.1, -0.05) is 6.07 Å². The summed E-state index contributed by atoms with van der Waals surface area (Å²) in [6.45, 7) is 3.98. The third-order valence-corrected chi connectivity index (χ3v) is 3.19. The number of benzene rings is 1. The summed E-state index contributed by atoms with van der Waals surface area (Å²) >= 11 is 0. The van der Waals surface area contributed by atoms with Crippen LogP contribution in [0.2, 0.25) is 0 Å². The van der Waals surface area contributed by atoms with E-state index in [1.165, 1.54) is 12.1 Å². The van der Waals surface area contributed by atoms with Crippen LogP contribution in [0.3, 0.4) is 0 Å². The summed E-state index contributed by atoms with van der Waals surface area (Å²) in [5.41, 5.74) is 0.730. The fourth-order valence-electron chi connectivity index (χ4n) is 2.13.